The van der Waals surface area contributed by atoms with Crippen LogP contribution in [0.15, 0.2) is 24.3 Å². The number of aliphatic carboxylic acids is 1. The average Bonchev–Trinajstić information content (AvgIpc) is 3.36. The van der Waals surface area contributed by atoms with Crippen molar-refractivity contribution in [2.45, 2.75) is 19.3 Å². The van der Waals surface area contributed by atoms with E-state index in [0.29, 0.717) is 24.1 Å². The highest BCUT2D eigenvalue weighted by Gasteiger charge is 2.56. The summed E-state index contributed by atoms with van der Waals surface area (Å²) in [5.41, 5.74) is 0.248. The van der Waals surface area contributed by atoms with E-state index in [-0.39, 0.29) is 18.2 Å². The van der Waals surface area contributed by atoms with Gasteiger partial charge in [0.2, 0.25) is 17.7 Å². The molecule has 0 atom stereocenters. The van der Waals surface area contributed by atoms with Gasteiger partial charge < -0.3 is 21.1 Å². The molecule has 4 N–H and O–H groups in total. The van der Waals surface area contributed by atoms with Gasteiger partial charge in [-0.05, 0) is 30.5 Å². The highest BCUT2D eigenvalue weighted by molar-refractivity contribution is 6.12. The van der Waals surface area contributed by atoms with Crippen molar-refractivity contribution in [2.24, 2.45) is 5.41 Å². The summed E-state index contributed by atoms with van der Waals surface area (Å²) in [6, 6.07) is 6.60. The van der Waals surface area contributed by atoms with E-state index in [1.54, 1.807) is 24.3 Å². The van der Waals surface area contributed by atoms with Crippen LogP contribution in [0.2, 0.25) is 0 Å². The Hall–Kier alpha value is -2.90. The number of carbonyl (C=O) groups excluding carboxylic acids is 3. The summed E-state index contributed by atoms with van der Waals surface area (Å²) in [4.78, 5) is 45.9. The van der Waals surface area contributed by atoms with Gasteiger partial charge in [0.25, 0.3) is 0 Å². The molecule has 0 heterocycles. The molecule has 8 heteroatoms. The van der Waals surface area contributed by atoms with Crippen LogP contribution in [0.4, 0.5) is 5.69 Å². The minimum absolute atomic E-state index is 0.0453. The van der Waals surface area contributed by atoms with Gasteiger partial charge in [0.1, 0.15) is 12.0 Å². The fraction of sp³-hybridized carbons (Fsp3) is 0.375. The lowest BCUT2D eigenvalue weighted by Crippen LogP contribution is -2.38. The molecule has 24 heavy (non-hydrogen) atoms. The van der Waals surface area contributed by atoms with Crippen molar-refractivity contribution in [2.75, 3.05) is 18.9 Å². The highest BCUT2D eigenvalue weighted by atomic mass is 16.4. The molecule has 0 spiro atoms. The number of amides is 3. The summed E-state index contributed by atoms with van der Waals surface area (Å²) < 4.78 is 0. The first-order chi connectivity index (χ1) is 11.4. The second-order valence-corrected chi connectivity index (χ2v) is 5.66. The maximum atomic E-state index is 12.2. The zero-order valence-electron chi connectivity index (χ0n) is 13.2. The zero-order chi connectivity index (χ0) is 17.7. The number of nitrogens with one attached hydrogen (secondary N) is 3. The summed E-state index contributed by atoms with van der Waals surface area (Å²) in [7, 11) is 1.50. The van der Waals surface area contributed by atoms with E-state index >= 15 is 0 Å². The van der Waals surface area contributed by atoms with Gasteiger partial charge in [0.15, 0.2) is 0 Å². The van der Waals surface area contributed by atoms with Crippen LogP contribution in [0, 0.1) is 5.41 Å². The standard InChI is InChI=1S/C16H19N3O5/c1-17-14(23)16(6-7-16)15(24)19-11-4-2-10(3-5-11)8-12(20)18-9-13(21)22/h2-5H,6-9H2,1H3,(H,17,23)(H,18,20)(H,19,24)(H,21,22). The number of rotatable bonds is 7. The molecule has 1 saturated carbocycles. The van der Waals surface area contributed by atoms with Crippen LogP contribution < -0.4 is 16.0 Å². The molecule has 1 aliphatic rings. The van der Waals surface area contributed by atoms with E-state index in [1.165, 1.54) is 7.05 Å². The Bertz CT molecular complexity index is 665. The second kappa shape index (κ2) is 7.12. The molecule has 1 aromatic carbocycles. The Labute approximate surface area is 138 Å². The third kappa shape index (κ3) is 4.09. The Morgan fingerprint density at radius 2 is 1.71 bits per heavy atom. The van der Waals surface area contributed by atoms with Crippen LogP contribution in [0.3, 0.4) is 0 Å². The lowest BCUT2D eigenvalue weighted by Gasteiger charge is -2.14. The summed E-state index contributed by atoms with van der Waals surface area (Å²) >= 11 is 0. The number of carbonyl (C=O) groups is 4. The third-order valence-corrected chi connectivity index (χ3v) is 3.86. The topological polar surface area (TPSA) is 125 Å². The summed E-state index contributed by atoms with van der Waals surface area (Å²) in [5.74, 6) is -2.13. The van der Waals surface area contributed by atoms with Crippen LogP contribution in [0.1, 0.15) is 18.4 Å². The molecule has 1 fully saturated rings. The molecule has 3 amide bonds. The van der Waals surface area contributed by atoms with E-state index in [9.17, 15) is 19.2 Å². The molecule has 128 valence electrons. The maximum Gasteiger partial charge on any atom is 0.322 e. The van der Waals surface area contributed by atoms with Crippen molar-refractivity contribution in [3.8, 4) is 0 Å². The first-order valence-corrected chi connectivity index (χ1v) is 7.48. The SMILES string of the molecule is CNC(=O)C1(C(=O)Nc2ccc(CC(=O)NCC(=O)O)cc2)CC1. The van der Waals surface area contributed by atoms with Crippen molar-refractivity contribution >= 4 is 29.4 Å². The van der Waals surface area contributed by atoms with E-state index in [2.05, 4.69) is 16.0 Å². The third-order valence-electron chi connectivity index (χ3n) is 3.86. The molecule has 8 nitrogen and oxygen atoms in total. The van der Waals surface area contributed by atoms with Crippen molar-refractivity contribution in [3.63, 3.8) is 0 Å². The van der Waals surface area contributed by atoms with Gasteiger partial charge in [0, 0.05) is 12.7 Å². The lowest BCUT2D eigenvalue weighted by molar-refractivity contribution is -0.138. The number of anilines is 1. The van der Waals surface area contributed by atoms with Crippen LogP contribution in [0.25, 0.3) is 0 Å². The molecule has 0 unspecified atom stereocenters. The number of hydrogen-bond acceptors (Lipinski definition) is 4. The van der Waals surface area contributed by atoms with Gasteiger partial charge in [-0.25, -0.2) is 0 Å². The normalized spacial score (nSPS) is 14.4. The predicted molar refractivity (Wildman–Crippen MR) is 85.2 cm³/mol. The van der Waals surface area contributed by atoms with E-state index in [1.807, 2.05) is 0 Å². The Morgan fingerprint density at radius 1 is 1.08 bits per heavy atom. The number of benzene rings is 1. The molecule has 0 aliphatic heterocycles. The minimum Gasteiger partial charge on any atom is -0.480 e. The fourth-order valence-corrected chi connectivity index (χ4v) is 2.30. The van der Waals surface area contributed by atoms with Gasteiger partial charge >= 0.3 is 5.97 Å². The lowest BCUT2D eigenvalue weighted by atomic mass is 10.0. The average molecular weight is 333 g/mol. The highest BCUT2D eigenvalue weighted by Crippen LogP contribution is 2.46. The molecule has 2 rings (SSSR count). The summed E-state index contributed by atoms with van der Waals surface area (Å²) in [6.07, 6.45) is 1.10. The molecule has 0 saturated heterocycles. The van der Waals surface area contributed by atoms with Crippen molar-refractivity contribution in [1.82, 2.24) is 10.6 Å². The molecule has 0 aromatic heterocycles. The molecule has 1 aromatic rings. The predicted octanol–water partition coefficient (Wildman–Crippen LogP) is -0.105. The molecule has 1 aliphatic carbocycles. The quantitative estimate of drug-likeness (QED) is 0.518. The minimum atomic E-state index is -1.11. The summed E-state index contributed by atoms with van der Waals surface area (Å²) in [5, 5.41) is 16.0. The smallest absolute Gasteiger partial charge is 0.322 e. The number of carboxylic acid groups (broad SMARTS) is 1. The van der Waals surface area contributed by atoms with Crippen LogP contribution in [-0.4, -0.2) is 42.4 Å². The van der Waals surface area contributed by atoms with Gasteiger partial charge in [-0.3, -0.25) is 19.2 Å². The van der Waals surface area contributed by atoms with E-state index < -0.39 is 23.8 Å². The maximum absolute atomic E-state index is 12.2. The van der Waals surface area contributed by atoms with Gasteiger partial charge in [-0.2, -0.15) is 0 Å². The number of hydrogen-bond donors (Lipinski definition) is 4. The first-order valence-electron chi connectivity index (χ1n) is 7.48. The molecular formula is C16H19N3O5. The van der Waals surface area contributed by atoms with Gasteiger partial charge in [-0.15, -0.1) is 0 Å². The molecular weight excluding hydrogens is 314 g/mol. The Kier molecular flexibility index (Phi) is 5.18. The second-order valence-electron chi connectivity index (χ2n) is 5.66. The molecule has 0 bridgehead atoms. The van der Waals surface area contributed by atoms with E-state index in [0.717, 1.165) is 0 Å². The van der Waals surface area contributed by atoms with Crippen LogP contribution in [-0.2, 0) is 25.6 Å². The first kappa shape index (κ1) is 17.5. The Balaban J connectivity index is 1.90. The molecule has 0 radical (unpaired) electrons. The van der Waals surface area contributed by atoms with Crippen molar-refractivity contribution in [3.05, 3.63) is 29.8 Å². The van der Waals surface area contributed by atoms with Crippen molar-refractivity contribution in [1.29, 1.82) is 0 Å². The zero-order valence-corrected chi connectivity index (χ0v) is 13.2. The van der Waals surface area contributed by atoms with Gasteiger partial charge in [0.05, 0.1) is 6.42 Å². The number of carboxylic acids is 1. The van der Waals surface area contributed by atoms with Crippen LogP contribution >= 0.6 is 0 Å². The summed E-state index contributed by atoms with van der Waals surface area (Å²) in [6.45, 7) is -0.422. The van der Waals surface area contributed by atoms with Crippen LogP contribution in [0.5, 0.6) is 0 Å². The largest absolute Gasteiger partial charge is 0.480 e. The Morgan fingerprint density at radius 3 is 2.21 bits per heavy atom. The fourth-order valence-electron chi connectivity index (χ4n) is 2.30. The van der Waals surface area contributed by atoms with E-state index in [4.69, 9.17) is 5.11 Å². The van der Waals surface area contributed by atoms with Gasteiger partial charge in [-0.1, -0.05) is 12.1 Å². The van der Waals surface area contributed by atoms with Crippen molar-refractivity contribution < 1.29 is 24.3 Å². The monoisotopic (exact) mass is 333 g/mol.